The molecule has 18 heavy (non-hydrogen) atoms. The van der Waals surface area contributed by atoms with Crippen LogP contribution in [0.5, 0.6) is 0 Å². The molecular formula is C15H18N2O. The zero-order valence-electron chi connectivity index (χ0n) is 10.6. The number of fused-ring (bicyclic) bond motifs is 1. The predicted molar refractivity (Wildman–Crippen MR) is 71.6 cm³/mol. The van der Waals surface area contributed by atoms with Crippen LogP contribution in [0.2, 0.25) is 0 Å². The Bertz CT molecular complexity index is 509. The van der Waals surface area contributed by atoms with E-state index in [4.69, 9.17) is 0 Å². The number of nitrogens with one attached hydrogen (secondary N) is 1. The summed E-state index contributed by atoms with van der Waals surface area (Å²) in [5.74, 6) is 0.168. The highest BCUT2D eigenvalue weighted by molar-refractivity contribution is 5.77. The maximum Gasteiger partial charge on any atom is 0.220 e. The molecule has 1 saturated heterocycles. The number of benzene rings is 1. The largest absolute Gasteiger partial charge is 0.362 e. The molecule has 0 aliphatic carbocycles. The van der Waals surface area contributed by atoms with E-state index >= 15 is 0 Å². The Hall–Kier alpha value is -1.77. The first kappa shape index (κ1) is 11.3. The number of amides is 1. The molecule has 3 heteroatoms. The van der Waals surface area contributed by atoms with Crippen molar-refractivity contribution in [1.29, 1.82) is 0 Å². The topological polar surface area (TPSA) is 32.3 Å². The van der Waals surface area contributed by atoms with Gasteiger partial charge in [0.1, 0.15) is 0 Å². The third-order valence-electron chi connectivity index (χ3n) is 4.05. The number of hydrogen-bond acceptors (Lipinski definition) is 2. The smallest absolute Gasteiger partial charge is 0.220 e. The molecule has 3 rings (SSSR count). The molecule has 2 unspecified atom stereocenters. The second-order valence-electron chi connectivity index (χ2n) is 5.19. The van der Waals surface area contributed by atoms with Crippen molar-refractivity contribution in [2.24, 2.45) is 0 Å². The highest BCUT2D eigenvalue weighted by Crippen LogP contribution is 2.35. The van der Waals surface area contributed by atoms with E-state index in [9.17, 15) is 4.79 Å². The van der Waals surface area contributed by atoms with Gasteiger partial charge in [0, 0.05) is 36.3 Å². The van der Waals surface area contributed by atoms with E-state index < -0.39 is 0 Å². The van der Waals surface area contributed by atoms with Crippen LogP contribution in [-0.2, 0) is 11.3 Å². The minimum absolute atomic E-state index is 0.168. The minimum Gasteiger partial charge on any atom is -0.362 e. The van der Waals surface area contributed by atoms with E-state index in [1.165, 1.54) is 11.1 Å². The summed E-state index contributed by atoms with van der Waals surface area (Å²) in [5.41, 5.74) is 3.69. The van der Waals surface area contributed by atoms with Crippen molar-refractivity contribution in [3.8, 4) is 0 Å². The Morgan fingerprint density at radius 1 is 1.39 bits per heavy atom. The lowest BCUT2D eigenvalue weighted by Gasteiger charge is -2.38. The minimum atomic E-state index is 0.168. The molecule has 0 radical (unpaired) electrons. The fourth-order valence-electron chi connectivity index (χ4n) is 3.07. The van der Waals surface area contributed by atoms with Crippen molar-refractivity contribution in [3.05, 3.63) is 42.0 Å². The number of nitrogens with zero attached hydrogens (tertiary/aromatic N) is 1. The maximum atomic E-state index is 11.4. The summed E-state index contributed by atoms with van der Waals surface area (Å²) in [6, 6.07) is 8.97. The molecule has 2 heterocycles. The summed E-state index contributed by atoms with van der Waals surface area (Å²) in [6.45, 7) is 7.22. The van der Waals surface area contributed by atoms with Crippen LogP contribution in [0.4, 0.5) is 0 Å². The standard InChI is InChI=1S/C15H18N2O/c1-10-14(7-8-15(18)16-10)17-9-12-5-3-4-6-13(12)11(17)2/h3-6,10,14H,2,7-9H2,1H3,(H,16,18). The van der Waals surface area contributed by atoms with Crippen LogP contribution in [0.15, 0.2) is 30.8 Å². The van der Waals surface area contributed by atoms with Gasteiger partial charge >= 0.3 is 0 Å². The van der Waals surface area contributed by atoms with Crippen molar-refractivity contribution < 1.29 is 4.79 Å². The third kappa shape index (κ3) is 1.70. The van der Waals surface area contributed by atoms with E-state index in [2.05, 4.69) is 48.0 Å². The molecule has 2 atom stereocenters. The van der Waals surface area contributed by atoms with E-state index in [0.29, 0.717) is 12.5 Å². The highest BCUT2D eigenvalue weighted by Gasteiger charge is 2.34. The van der Waals surface area contributed by atoms with E-state index in [0.717, 1.165) is 18.7 Å². The molecule has 1 fully saturated rings. The van der Waals surface area contributed by atoms with E-state index in [1.807, 2.05) is 0 Å². The zero-order chi connectivity index (χ0) is 12.7. The van der Waals surface area contributed by atoms with Crippen molar-refractivity contribution in [1.82, 2.24) is 10.2 Å². The second-order valence-corrected chi connectivity index (χ2v) is 5.19. The summed E-state index contributed by atoms with van der Waals surface area (Å²) in [4.78, 5) is 13.7. The van der Waals surface area contributed by atoms with Crippen molar-refractivity contribution in [2.45, 2.75) is 38.4 Å². The molecule has 1 amide bonds. The lowest BCUT2D eigenvalue weighted by Crippen LogP contribution is -2.52. The van der Waals surface area contributed by atoms with E-state index in [-0.39, 0.29) is 11.9 Å². The van der Waals surface area contributed by atoms with Crippen molar-refractivity contribution in [3.63, 3.8) is 0 Å². The van der Waals surface area contributed by atoms with Crippen LogP contribution in [0.3, 0.4) is 0 Å². The Balaban J connectivity index is 1.84. The van der Waals surface area contributed by atoms with Gasteiger partial charge in [-0.05, 0) is 18.9 Å². The third-order valence-corrected chi connectivity index (χ3v) is 4.05. The van der Waals surface area contributed by atoms with Gasteiger partial charge in [0.2, 0.25) is 5.91 Å². The summed E-state index contributed by atoms with van der Waals surface area (Å²) in [6.07, 6.45) is 1.54. The van der Waals surface area contributed by atoms with Gasteiger partial charge in [0.05, 0.1) is 0 Å². The van der Waals surface area contributed by atoms with Gasteiger partial charge in [0.15, 0.2) is 0 Å². The average Bonchev–Trinajstić information content (AvgIpc) is 2.68. The number of hydrogen-bond donors (Lipinski definition) is 1. The quantitative estimate of drug-likeness (QED) is 0.818. The van der Waals surface area contributed by atoms with Gasteiger partial charge in [-0.2, -0.15) is 0 Å². The Kier molecular flexibility index (Phi) is 2.62. The number of rotatable bonds is 1. The van der Waals surface area contributed by atoms with E-state index in [1.54, 1.807) is 0 Å². The summed E-state index contributed by atoms with van der Waals surface area (Å²) in [7, 11) is 0. The van der Waals surface area contributed by atoms with Crippen LogP contribution in [0, 0.1) is 0 Å². The molecule has 1 aromatic rings. The van der Waals surface area contributed by atoms with Gasteiger partial charge in [-0.15, -0.1) is 0 Å². The highest BCUT2D eigenvalue weighted by atomic mass is 16.1. The maximum absolute atomic E-state index is 11.4. The van der Waals surface area contributed by atoms with Crippen molar-refractivity contribution in [2.75, 3.05) is 0 Å². The first-order chi connectivity index (χ1) is 8.66. The average molecular weight is 242 g/mol. The molecular weight excluding hydrogens is 224 g/mol. The van der Waals surface area contributed by atoms with Crippen LogP contribution in [0.25, 0.3) is 5.70 Å². The first-order valence-electron chi connectivity index (χ1n) is 6.50. The Labute approximate surface area is 107 Å². The van der Waals surface area contributed by atoms with Crippen LogP contribution < -0.4 is 5.32 Å². The normalized spacial score (nSPS) is 27.1. The molecule has 94 valence electrons. The van der Waals surface area contributed by atoms with Crippen LogP contribution in [0.1, 0.15) is 30.9 Å². The fourth-order valence-corrected chi connectivity index (χ4v) is 3.07. The molecule has 0 saturated carbocycles. The molecule has 1 aromatic carbocycles. The fraction of sp³-hybridized carbons (Fsp3) is 0.400. The zero-order valence-corrected chi connectivity index (χ0v) is 10.6. The molecule has 1 N–H and O–H groups in total. The number of carbonyl (C=O) groups excluding carboxylic acids is 1. The van der Waals surface area contributed by atoms with Gasteiger partial charge < -0.3 is 10.2 Å². The molecule has 0 spiro atoms. The van der Waals surface area contributed by atoms with Gasteiger partial charge in [-0.3, -0.25) is 4.79 Å². The lowest BCUT2D eigenvalue weighted by molar-refractivity contribution is -0.124. The molecule has 0 bridgehead atoms. The second kappa shape index (κ2) is 4.16. The van der Waals surface area contributed by atoms with Crippen molar-refractivity contribution >= 4 is 11.6 Å². The first-order valence-corrected chi connectivity index (χ1v) is 6.50. The molecule has 2 aliphatic heterocycles. The molecule has 0 aromatic heterocycles. The summed E-state index contributed by atoms with van der Waals surface area (Å²) >= 11 is 0. The van der Waals surface area contributed by atoms with Crippen LogP contribution in [-0.4, -0.2) is 22.9 Å². The van der Waals surface area contributed by atoms with Crippen LogP contribution >= 0.6 is 0 Å². The molecule has 2 aliphatic rings. The van der Waals surface area contributed by atoms with Gasteiger partial charge in [0.25, 0.3) is 0 Å². The van der Waals surface area contributed by atoms with Gasteiger partial charge in [-0.25, -0.2) is 0 Å². The molecule has 3 nitrogen and oxygen atoms in total. The number of carbonyl (C=O) groups is 1. The Morgan fingerprint density at radius 2 is 2.17 bits per heavy atom. The summed E-state index contributed by atoms with van der Waals surface area (Å²) < 4.78 is 0. The monoisotopic (exact) mass is 242 g/mol. The lowest BCUT2D eigenvalue weighted by atomic mass is 9.97. The van der Waals surface area contributed by atoms with Gasteiger partial charge in [-0.1, -0.05) is 30.8 Å². The predicted octanol–water partition coefficient (Wildman–Crippen LogP) is 2.14. The summed E-state index contributed by atoms with van der Waals surface area (Å²) in [5, 5.41) is 3.03. The Morgan fingerprint density at radius 3 is 2.89 bits per heavy atom. The SMILES string of the molecule is C=C1c2ccccc2CN1C1CCC(=O)NC1C. The number of piperidine rings is 1.